The van der Waals surface area contributed by atoms with Crippen molar-refractivity contribution >= 4 is 23.4 Å². The van der Waals surface area contributed by atoms with Gasteiger partial charge >= 0.3 is 6.03 Å². The number of nitrogens with one attached hydrogen (secondary N) is 2. The highest BCUT2D eigenvalue weighted by molar-refractivity contribution is 5.89. The van der Waals surface area contributed by atoms with Crippen molar-refractivity contribution in [2.75, 3.05) is 37.4 Å². The summed E-state index contributed by atoms with van der Waals surface area (Å²) in [6.45, 7) is 6.92. The van der Waals surface area contributed by atoms with Crippen LogP contribution in [0.25, 0.3) is 11.3 Å². The molecule has 1 aliphatic carbocycles. The quantitative estimate of drug-likeness (QED) is 0.206. The number of anilines is 2. The van der Waals surface area contributed by atoms with Crippen LogP contribution in [0, 0.1) is 0 Å². The van der Waals surface area contributed by atoms with Crippen LogP contribution in [-0.2, 0) is 13.0 Å². The summed E-state index contributed by atoms with van der Waals surface area (Å²) in [4.78, 5) is 17.9. The Balaban J connectivity index is 1.05. The topological polar surface area (TPSA) is 123 Å². The third-order valence-electron chi connectivity index (χ3n) is 9.44. The van der Waals surface area contributed by atoms with E-state index >= 15 is 0 Å². The summed E-state index contributed by atoms with van der Waals surface area (Å²) in [5, 5.41) is 24.5. The van der Waals surface area contributed by atoms with Gasteiger partial charge in [0.15, 0.2) is 5.65 Å². The van der Waals surface area contributed by atoms with Crippen LogP contribution in [0.15, 0.2) is 61.1 Å². The average molecular weight is 652 g/mol. The molecule has 13 heteroatoms. The Morgan fingerprint density at radius 2 is 1.90 bits per heavy atom. The number of hydrogen-bond acceptors (Lipinski definition) is 8. The highest BCUT2D eigenvalue weighted by atomic mass is 16.5. The number of benzene rings is 1. The lowest BCUT2D eigenvalue weighted by molar-refractivity contribution is 0.171. The van der Waals surface area contributed by atoms with Gasteiger partial charge in [0.25, 0.3) is 0 Å². The van der Waals surface area contributed by atoms with Crippen LogP contribution in [0.1, 0.15) is 74.9 Å². The summed E-state index contributed by atoms with van der Waals surface area (Å²) in [5.74, 6) is 2.24. The van der Waals surface area contributed by atoms with Crippen molar-refractivity contribution in [3.8, 4) is 11.4 Å². The molecule has 48 heavy (non-hydrogen) atoms. The minimum Gasteiger partial charge on any atom is -0.484 e. The number of carbonyl (C=O) groups is 1. The molecule has 0 radical (unpaired) electrons. The first-order valence-electron chi connectivity index (χ1n) is 17.1. The first kappa shape index (κ1) is 31.7. The number of urea groups is 1. The van der Waals surface area contributed by atoms with Crippen LogP contribution in [-0.4, -0.2) is 78.3 Å². The van der Waals surface area contributed by atoms with Crippen LogP contribution >= 0.6 is 0 Å². The van der Waals surface area contributed by atoms with Gasteiger partial charge in [0.1, 0.15) is 23.4 Å². The zero-order valence-corrected chi connectivity index (χ0v) is 28.2. The van der Waals surface area contributed by atoms with Crippen molar-refractivity contribution in [3.05, 3.63) is 77.9 Å². The zero-order valence-electron chi connectivity index (χ0n) is 28.2. The molecule has 1 fully saturated rings. The van der Waals surface area contributed by atoms with E-state index in [-0.39, 0.29) is 18.2 Å². The SMILES string of the molecule is CCc1cc(NC(=O)N[C@H]2CC[C@@H](Oc3ccc4nnc(N5CCCC[C@@H]5C)n4c3)c3ccccc32)n(-c2cnn(CCN(C)C)c2)n1. The van der Waals surface area contributed by atoms with Crippen molar-refractivity contribution in [1.82, 2.24) is 44.4 Å². The Hall–Kier alpha value is -4.91. The molecular weight excluding hydrogens is 606 g/mol. The van der Waals surface area contributed by atoms with Crippen LogP contribution in [0.4, 0.5) is 16.6 Å². The molecule has 3 atom stereocenters. The summed E-state index contributed by atoms with van der Waals surface area (Å²) in [5.41, 5.74) is 4.62. The van der Waals surface area contributed by atoms with Crippen molar-refractivity contribution in [2.45, 2.75) is 77.1 Å². The Labute approximate surface area is 280 Å². The van der Waals surface area contributed by atoms with Gasteiger partial charge in [0.05, 0.1) is 36.9 Å². The number of carbonyl (C=O) groups excluding carboxylic acids is 1. The van der Waals surface area contributed by atoms with Gasteiger partial charge in [-0.1, -0.05) is 31.2 Å². The van der Waals surface area contributed by atoms with Gasteiger partial charge in [-0.2, -0.15) is 10.2 Å². The molecule has 5 heterocycles. The third kappa shape index (κ3) is 6.59. The second-order valence-electron chi connectivity index (χ2n) is 13.1. The third-order valence-corrected chi connectivity index (χ3v) is 9.44. The lowest BCUT2D eigenvalue weighted by atomic mass is 9.85. The summed E-state index contributed by atoms with van der Waals surface area (Å²) in [7, 11) is 4.07. The zero-order chi connectivity index (χ0) is 33.2. The minimum absolute atomic E-state index is 0.147. The second-order valence-corrected chi connectivity index (χ2v) is 13.1. The number of ether oxygens (including phenoxy) is 1. The molecule has 0 saturated carbocycles. The number of rotatable bonds is 10. The maximum atomic E-state index is 13.5. The van der Waals surface area contributed by atoms with Gasteiger partial charge in [-0.25, -0.2) is 9.48 Å². The number of fused-ring (bicyclic) bond motifs is 2. The Kier molecular flexibility index (Phi) is 9.02. The molecule has 252 valence electrons. The van der Waals surface area contributed by atoms with E-state index in [1.54, 1.807) is 10.9 Å². The molecule has 0 spiro atoms. The Morgan fingerprint density at radius 3 is 2.71 bits per heavy atom. The number of pyridine rings is 1. The molecule has 5 aromatic rings. The molecule has 1 saturated heterocycles. The Bertz CT molecular complexity index is 1870. The van der Waals surface area contributed by atoms with Gasteiger partial charge in [-0.05, 0) is 82.8 Å². The van der Waals surface area contributed by atoms with Gasteiger partial charge in [-0.3, -0.25) is 14.4 Å². The van der Waals surface area contributed by atoms with E-state index in [0.29, 0.717) is 11.9 Å². The predicted octanol–water partition coefficient (Wildman–Crippen LogP) is 5.39. The summed E-state index contributed by atoms with van der Waals surface area (Å²) in [6, 6.07) is 14.0. The van der Waals surface area contributed by atoms with Crippen molar-refractivity contribution in [3.63, 3.8) is 0 Å². The summed E-state index contributed by atoms with van der Waals surface area (Å²) >= 11 is 0. The number of piperidine rings is 1. The highest BCUT2D eigenvalue weighted by Crippen LogP contribution is 2.39. The molecule has 2 aliphatic rings. The highest BCUT2D eigenvalue weighted by Gasteiger charge is 2.30. The molecule has 13 nitrogen and oxygen atoms in total. The number of aromatic nitrogens is 7. The number of amides is 2. The molecule has 7 rings (SSSR count). The first-order valence-corrected chi connectivity index (χ1v) is 17.1. The fraction of sp³-hybridized carbons (Fsp3) is 0.457. The maximum absolute atomic E-state index is 13.5. The fourth-order valence-corrected chi connectivity index (χ4v) is 6.79. The molecular formula is C35H45N11O2. The molecule has 1 aliphatic heterocycles. The van der Waals surface area contributed by atoms with Crippen LogP contribution in [0.3, 0.4) is 0 Å². The van der Waals surface area contributed by atoms with E-state index in [1.807, 2.05) is 72.8 Å². The predicted molar refractivity (Wildman–Crippen MR) is 185 cm³/mol. The molecule has 2 N–H and O–H groups in total. The normalized spacial score (nSPS) is 19.4. The summed E-state index contributed by atoms with van der Waals surface area (Å²) in [6.07, 6.45) is 11.4. The van der Waals surface area contributed by atoms with E-state index in [0.717, 1.165) is 91.6 Å². The van der Waals surface area contributed by atoms with Crippen molar-refractivity contribution < 1.29 is 9.53 Å². The molecule has 0 bridgehead atoms. The fourth-order valence-electron chi connectivity index (χ4n) is 6.79. The lowest BCUT2D eigenvalue weighted by Crippen LogP contribution is -2.38. The van der Waals surface area contributed by atoms with Crippen molar-refractivity contribution in [2.24, 2.45) is 0 Å². The van der Waals surface area contributed by atoms with Crippen molar-refractivity contribution in [1.29, 1.82) is 0 Å². The molecule has 1 aromatic carbocycles. The monoisotopic (exact) mass is 651 g/mol. The number of nitrogens with zero attached hydrogens (tertiary/aromatic N) is 9. The largest absolute Gasteiger partial charge is 0.484 e. The molecule has 4 aromatic heterocycles. The first-order chi connectivity index (χ1) is 23.4. The number of hydrogen-bond donors (Lipinski definition) is 2. The molecule has 0 unspecified atom stereocenters. The van der Waals surface area contributed by atoms with E-state index in [4.69, 9.17) is 9.84 Å². The summed E-state index contributed by atoms with van der Waals surface area (Å²) < 4.78 is 12.3. The average Bonchev–Trinajstić information content (AvgIpc) is 3.83. The van der Waals surface area contributed by atoms with E-state index in [1.165, 1.54) is 6.42 Å². The number of likely N-dealkylation sites (N-methyl/N-ethyl adjacent to an activating group) is 1. The van der Waals surface area contributed by atoms with E-state index < -0.39 is 0 Å². The maximum Gasteiger partial charge on any atom is 0.320 e. The van der Waals surface area contributed by atoms with Crippen LogP contribution in [0.5, 0.6) is 5.75 Å². The molecule has 2 amide bonds. The van der Waals surface area contributed by atoms with Gasteiger partial charge in [0, 0.05) is 25.2 Å². The van der Waals surface area contributed by atoms with E-state index in [9.17, 15) is 4.79 Å². The van der Waals surface area contributed by atoms with Crippen LogP contribution in [0.2, 0.25) is 0 Å². The van der Waals surface area contributed by atoms with Gasteiger partial charge < -0.3 is 19.9 Å². The minimum atomic E-state index is -0.282. The number of aryl methyl sites for hydroxylation is 1. The van der Waals surface area contributed by atoms with Gasteiger partial charge in [-0.15, -0.1) is 10.2 Å². The van der Waals surface area contributed by atoms with Gasteiger partial charge in [0.2, 0.25) is 5.95 Å². The standard InChI is InChI=1S/C35H45N11O2/c1-5-25-20-33(46(41-25)26-21-36-43(22-26)19-18-42(3)4)38-34(47)37-30-14-15-31(29-12-7-6-11-28(29)30)48-27-13-16-32-39-40-35(45(32)23-27)44-17-9-8-10-24(44)2/h6-7,11-13,16,20-24,30-31H,5,8-10,14-15,17-19H2,1-4H3,(H2,37,38,47)/t24-,30-,31+/m0/s1. The van der Waals surface area contributed by atoms with Crippen LogP contribution < -0.4 is 20.3 Å². The lowest BCUT2D eigenvalue weighted by Gasteiger charge is -2.33. The van der Waals surface area contributed by atoms with E-state index in [2.05, 4.69) is 54.8 Å². The smallest absolute Gasteiger partial charge is 0.320 e. The second kappa shape index (κ2) is 13.7. The Morgan fingerprint density at radius 1 is 1.04 bits per heavy atom.